The summed E-state index contributed by atoms with van der Waals surface area (Å²) in [7, 11) is 0. The number of amides is 1. The van der Waals surface area contributed by atoms with Crippen LogP contribution in [0.1, 0.15) is 23.2 Å². The minimum atomic E-state index is 0.0869. The van der Waals surface area contributed by atoms with Crippen molar-refractivity contribution in [1.82, 2.24) is 0 Å². The summed E-state index contributed by atoms with van der Waals surface area (Å²) in [4.78, 5) is 21.7. The number of anilines is 1. The zero-order valence-corrected chi connectivity index (χ0v) is 7.69. The number of carbonyl (C=O) groups is 2. The third kappa shape index (κ3) is 1.99. The number of hydrogen-bond acceptors (Lipinski definition) is 2. The highest BCUT2D eigenvalue weighted by molar-refractivity contribution is 5.94. The Bertz CT molecular complexity index is 352. The predicted octanol–water partition coefficient (Wildman–Crippen LogP) is 1.85. The number of carbonyl (C=O) groups excluding carboxylic acids is 2. The van der Waals surface area contributed by atoms with Gasteiger partial charge < -0.3 is 5.32 Å². The Labute approximate surface area is 82.1 Å². The summed E-state index contributed by atoms with van der Waals surface area (Å²) < 4.78 is 0. The van der Waals surface area contributed by atoms with E-state index >= 15 is 0 Å². The van der Waals surface area contributed by atoms with Crippen molar-refractivity contribution in [3.63, 3.8) is 0 Å². The Kier molecular flexibility index (Phi) is 2.31. The van der Waals surface area contributed by atoms with Gasteiger partial charge in [0.25, 0.3) is 0 Å². The van der Waals surface area contributed by atoms with Gasteiger partial charge in [-0.2, -0.15) is 0 Å². The molecule has 1 aromatic carbocycles. The fraction of sp³-hybridized carbons (Fsp3) is 0.273. The molecule has 0 spiro atoms. The first-order valence-corrected chi connectivity index (χ1v) is 4.66. The third-order valence-electron chi connectivity index (χ3n) is 2.26. The molecule has 72 valence electrons. The Morgan fingerprint density at radius 3 is 2.43 bits per heavy atom. The van der Waals surface area contributed by atoms with Crippen LogP contribution in [-0.2, 0) is 4.79 Å². The molecule has 1 amide bonds. The summed E-state index contributed by atoms with van der Waals surface area (Å²) in [5.41, 5.74) is 1.38. The van der Waals surface area contributed by atoms with Gasteiger partial charge in [0.05, 0.1) is 0 Å². The van der Waals surface area contributed by atoms with Crippen LogP contribution in [0, 0.1) is 5.92 Å². The first-order valence-electron chi connectivity index (χ1n) is 4.66. The van der Waals surface area contributed by atoms with Crippen LogP contribution in [0.5, 0.6) is 0 Å². The monoisotopic (exact) mass is 189 g/mol. The van der Waals surface area contributed by atoms with Crippen molar-refractivity contribution in [3.8, 4) is 0 Å². The molecule has 1 aliphatic rings. The van der Waals surface area contributed by atoms with Crippen LogP contribution in [0.25, 0.3) is 0 Å². The first-order chi connectivity index (χ1) is 6.79. The summed E-state index contributed by atoms with van der Waals surface area (Å²) >= 11 is 0. The molecule has 3 heteroatoms. The zero-order chi connectivity index (χ0) is 9.97. The molecule has 1 aliphatic carbocycles. The largest absolute Gasteiger partial charge is 0.326 e. The molecule has 0 radical (unpaired) electrons. The van der Waals surface area contributed by atoms with Crippen molar-refractivity contribution in [3.05, 3.63) is 29.8 Å². The molecule has 0 atom stereocenters. The molecule has 2 rings (SSSR count). The lowest BCUT2D eigenvalue weighted by Gasteiger charge is -2.03. The molecule has 0 aliphatic heterocycles. The average molecular weight is 189 g/mol. The summed E-state index contributed by atoms with van der Waals surface area (Å²) in [5, 5.41) is 2.80. The number of nitrogens with one attached hydrogen (secondary N) is 1. The molecule has 1 N–H and O–H groups in total. The van der Waals surface area contributed by atoms with Gasteiger partial charge in [0.1, 0.15) is 6.29 Å². The molecule has 1 aromatic rings. The van der Waals surface area contributed by atoms with Gasteiger partial charge in [-0.1, -0.05) is 0 Å². The lowest BCUT2D eigenvalue weighted by atomic mass is 10.2. The van der Waals surface area contributed by atoms with E-state index in [1.807, 2.05) is 0 Å². The molecule has 0 aromatic heterocycles. The lowest BCUT2D eigenvalue weighted by molar-refractivity contribution is -0.117. The number of hydrogen-bond donors (Lipinski definition) is 1. The second-order valence-electron chi connectivity index (χ2n) is 3.50. The maximum atomic E-state index is 11.3. The van der Waals surface area contributed by atoms with Gasteiger partial charge in [-0.25, -0.2) is 0 Å². The van der Waals surface area contributed by atoms with Crippen molar-refractivity contribution < 1.29 is 9.59 Å². The van der Waals surface area contributed by atoms with Crippen LogP contribution < -0.4 is 5.32 Å². The van der Waals surface area contributed by atoms with Gasteiger partial charge in [-0.3, -0.25) is 9.59 Å². The van der Waals surface area contributed by atoms with Gasteiger partial charge in [0.2, 0.25) is 5.91 Å². The standard InChI is InChI=1S/C11H11NO2/c13-7-8-1-5-10(6-2-8)12-11(14)9-3-4-9/h1-2,5-7,9H,3-4H2,(H,12,14). The van der Waals surface area contributed by atoms with E-state index in [1.165, 1.54) is 0 Å². The molecule has 1 saturated carbocycles. The first kappa shape index (κ1) is 8.94. The molecule has 14 heavy (non-hydrogen) atoms. The summed E-state index contributed by atoms with van der Waals surface area (Å²) in [6.07, 6.45) is 2.78. The SMILES string of the molecule is O=Cc1ccc(NC(=O)C2CC2)cc1. The molecule has 0 saturated heterocycles. The van der Waals surface area contributed by atoms with E-state index in [1.54, 1.807) is 24.3 Å². The van der Waals surface area contributed by atoms with Crippen molar-refractivity contribution in [2.24, 2.45) is 5.92 Å². The third-order valence-corrected chi connectivity index (χ3v) is 2.26. The molecule has 0 unspecified atom stereocenters. The van der Waals surface area contributed by atoms with Crippen molar-refractivity contribution in [1.29, 1.82) is 0 Å². The van der Waals surface area contributed by atoms with Crippen LogP contribution in [0.4, 0.5) is 5.69 Å². The minimum Gasteiger partial charge on any atom is -0.326 e. The average Bonchev–Trinajstić information content (AvgIpc) is 3.02. The second kappa shape index (κ2) is 3.62. The molecule has 0 heterocycles. The highest BCUT2D eigenvalue weighted by Gasteiger charge is 2.29. The summed E-state index contributed by atoms with van der Waals surface area (Å²) in [6, 6.07) is 6.86. The number of benzene rings is 1. The van der Waals surface area contributed by atoms with E-state index in [2.05, 4.69) is 5.32 Å². The fourth-order valence-corrected chi connectivity index (χ4v) is 1.23. The molecule has 3 nitrogen and oxygen atoms in total. The van der Waals surface area contributed by atoms with E-state index in [9.17, 15) is 9.59 Å². The van der Waals surface area contributed by atoms with Gasteiger partial charge >= 0.3 is 0 Å². The maximum Gasteiger partial charge on any atom is 0.227 e. The van der Waals surface area contributed by atoms with Crippen LogP contribution in [0.2, 0.25) is 0 Å². The zero-order valence-electron chi connectivity index (χ0n) is 7.69. The van der Waals surface area contributed by atoms with E-state index in [-0.39, 0.29) is 11.8 Å². The Morgan fingerprint density at radius 1 is 1.29 bits per heavy atom. The topological polar surface area (TPSA) is 46.2 Å². The quantitative estimate of drug-likeness (QED) is 0.737. The van der Waals surface area contributed by atoms with E-state index < -0.39 is 0 Å². The minimum absolute atomic E-state index is 0.0869. The Balaban J connectivity index is 2.01. The van der Waals surface area contributed by atoms with Crippen LogP contribution in [0.3, 0.4) is 0 Å². The predicted molar refractivity (Wildman–Crippen MR) is 53.2 cm³/mol. The van der Waals surface area contributed by atoms with Crippen molar-refractivity contribution in [2.45, 2.75) is 12.8 Å². The van der Waals surface area contributed by atoms with E-state index in [4.69, 9.17) is 0 Å². The highest BCUT2D eigenvalue weighted by atomic mass is 16.2. The van der Waals surface area contributed by atoms with Crippen LogP contribution in [-0.4, -0.2) is 12.2 Å². The van der Waals surface area contributed by atoms with Gasteiger partial charge in [0.15, 0.2) is 0 Å². The number of aldehydes is 1. The van der Waals surface area contributed by atoms with Crippen LogP contribution in [0.15, 0.2) is 24.3 Å². The lowest BCUT2D eigenvalue weighted by Crippen LogP contribution is -2.13. The van der Waals surface area contributed by atoms with Gasteiger partial charge in [0, 0.05) is 17.2 Å². The number of rotatable bonds is 3. The Morgan fingerprint density at radius 2 is 1.93 bits per heavy atom. The molecule has 0 bridgehead atoms. The Hall–Kier alpha value is -1.64. The highest BCUT2D eigenvalue weighted by Crippen LogP contribution is 2.30. The van der Waals surface area contributed by atoms with Gasteiger partial charge in [-0.15, -0.1) is 0 Å². The maximum absolute atomic E-state index is 11.3. The van der Waals surface area contributed by atoms with Gasteiger partial charge in [-0.05, 0) is 37.1 Å². The van der Waals surface area contributed by atoms with E-state index in [0.717, 1.165) is 24.8 Å². The summed E-state index contributed by atoms with van der Waals surface area (Å²) in [6.45, 7) is 0. The van der Waals surface area contributed by atoms with Crippen molar-refractivity contribution >= 4 is 17.9 Å². The van der Waals surface area contributed by atoms with Crippen molar-refractivity contribution in [2.75, 3.05) is 5.32 Å². The summed E-state index contributed by atoms with van der Waals surface area (Å²) in [5.74, 6) is 0.296. The smallest absolute Gasteiger partial charge is 0.227 e. The normalized spacial score (nSPS) is 14.9. The molecular weight excluding hydrogens is 178 g/mol. The second-order valence-corrected chi connectivity index (χ2v) is 3.50. The molecule has 1 fully saturated rings. The van der Waals surface area contributed by atoms with E-state index in [0.29, 0.717) is 5.56 Å². The molecular formula is C11H11NO2. The fourth-order valence-electron chi connectivity index (χ4n) is 1.23. The van der Waals surface area contributed by atoms with Crippen LogP contribution >= 0.6 is 0 Å².